The number of carbonyl (C=O) groups is 2. The number of hydrogen-bond acceptors (Lipinski definition) is 5. The van der Waals surface area contributed by atoms with E-state index in [4.69, 9.17) is 5.11 Å². The van der Waals surface area contributed by atoms with E-state index in [0.717, 1.165) is 23.8 Å². The lowest BCUT2D eigenvalue weighted by atomic mass is 10.1. The van der Waals surface area contributed by atoms with E-state index < -0.39 is 29.0 Å². The standard InChI is InChI=1S/C15H16FN3O5/c16-15(14(21)22)5-6-18(8-15)13(20)9-1-4-11(17-10-2-3-10)12(7-9)19(23)24/h1,4,7,10,17H,2-3,5-6,8H2,(H,21,22). The van der Waals surface area contributed by atoms with Gasteiger partial charge in [-0.2, -0.15) is 0 Å². The van der Waals surface area contributed by atoms with Crippen molar-refractivity contribution in [2.24, 2.45) is 0 Å². The molecule has 1 heterocycles. The summed E-state index contributed by atoms with van der Waals surface area (Å²) in [7, 11) is 0. The molecule has 2 aliphatic rings. The van der Waals surface area contributed by atoms with Gasteiger partial charge >= 0.3 is 5.97 Å². The van der Waals surface area contributed by atoms with Crippen LogP contribution in [0.5, 0.6) is 0 Å². The van der Waals surface area contributed by atoms with Crippen LogP contribution in [0.1, 0.15) is 29.6 Å². The molecule has 0 radical (unpaired) electrons. The molecular formula is C15H16FN3O5. The molecule has 1 saturated heterocycles. The molecule has 9 heteroatoms. The summed E-state index contributed by atoms with van der Waals surface area (Å²) in [6.45, 7) is -0.603. The Morgan fingerprint density at radius 3 is 2.67 bits per heavy atom. The SMILES string of the molecule is O=C(c1ccc(NC2CC2)c([N+](=O)[O-])c1)N1CCC(F)(C(=O)O)C1. The number of rotatable bonds is 5. The summed E-state index contributed by atoms with van der Waals surface area (Å²) in [5.74, 6) is -2.22. The fraction of sp³-hybridized carbons (Fsp3) is 0.467. The van der Waals surface area contributed by atoms with Crippen molar-refractivity contribution >= 4 is 23.3 Å². The van der Waals surface area contributed by atoms with Crippen LogP contribution in [0.2, 0.25) is 0 Å². The Bertz CT molecular complexity index is 721. The maximum Gasteiger partial charge on any atom is 0.343 e. The maximum atomic E-state index is 14.1. The van der Waals surface area contributed by atoms with Gasteiger partial charge in [0.2, 0.25) is 5.67 Å². The van der Waals surface area contributed by atoms with Crippen molar-refractivity contribution in [3.8, 4) is 0 Å². The number of hydrogen-bond donors (Lipinski definition) is 2. The summed E-state index contributed by atoms with van der Waals surface area (Å²) in [6.07, 6.45) is 1.59. The van der Waals surface area contributed by atoms with Crippen LogP contribution < -0.4 is 5.32 Å². The Morgan fingerprint density at radius 2 is 2.12 bits per heavy atom. The Hall–Kier alpha value is -2.71. The van der Waals surface area contributed by atoms with E-state index in [0.29, 0.717) is 5.69 Å². The van der Waals surface area contributed by atoms with Crippen molar-refractivity contribution in [3.63, 3.8) is 0 Å². The van der Waals surface area contributed by atoms with Crippen molar-refractivity contribution in [3.05, 3.63) is 33.9 Å². The topological polar surface area (TPSA) is 113 Å². The number of aliphatic carboxylic acids is 1. The second-order valence-electron chi connectivity index (χ2n) is 6.15. The lowest BCUT2D eigenvalue weighted by Gasteiger charge is -2.18. The first-order valence-corrected chi connectivity index (χ1v) is 7.57. The van der Waals surface area contributed by atoms with E-state index in [1.54, 1.807) is 0 Å². The number of nitrogens with zero attached hydrogens (tertiary/aromatic N) is 2. The highest BCUT2D eigenvalue weighted by atomic mass is 19.1. The molecule has 1 aromatic carbocycles. The molecule has 1 aliphatic heterocycles. The van der Waals surface area contributed by atoms with Crippen LogP contribution in [0.3, 0.4) is 0 Å². The zero-order valence-corrected chi connectivity index (χ0v) is 12.7. The first-order chi connectivity index (χ1) is 11.3. The van der Waals surface area contributed by atoms with Gasteiger partial charge in [0.05, 0.1) is 11.5 Å². The van der Waals surface area contributed by atoms with Crippen LogP contribution in [0.25, 0.3) is 0 Å². The van der Waals surface area contributed by atoms with Gasteiger partial charge in [-0.3, -0.25) is 14.9 Å². The number of carboxylic acid groups (broad SMARTS) is 1. The molecule has 2 fully saturated rings. The number of nitrogens with one attached hydrogen (secondary N) is 1. The van der Waals surface area contributed by atoms with Crippen LogP contribution in [-0.2, 0) is 4.79 Å². The van der Waals surface area contributed by atoms with E-state index in [1.165, 1.54) is 12.1 Å². The number of nitro groups is 1. The largest absolute Gasteiger partial charge is 0.479 e. The predicted octanol–water partition coefficient (Wildman–Crippen LogP) is 1.81. The number of nitro benzene ring substituents is 1. The molecule has 1 aliphatic carbocycles. The van der Waals surface area contributed by atoms with Crippen molar-refractivity contribution in [1.29, 1.82) is 0 Å². The molecule has 1 amide bonds. The summed E-state index contributed by atoms with van der Waals surface area (Å²) in [4.78, 5) is 35.0. The molecule has 0 spiro atoms. The molecule has 2 N–H and O–H groups in total. The third kappa shape index (κ3) is 3.01. The molecule has 24 heavy (non-hydrogen) atoms. The minimum atomic E-state index is -2.46. The molecular weight excluding hydrogens is 321 g/mol. The average molecular weight is 337 g/mol. The van der Waals surface area contributed by atoms with Gasteiger partial charge in [-0.05, 0) is 25.0 Å². The number of amides is 1. The predicted molar refractivity (Wildman–Crippen MR) is 81.7 cm³/mol. The number of anilines is 1. The Balaban J connectivity index is 1.81. The summed E-state index contributed by atoms with van der Waals surface area (Å²) in [6, 6.07) is 4.25. The number of benzene rings is 1. The Morgan fingerprint density at radius 1 is 1.42 bits per heavy atom. The molecule has 0 bridgehead atoms. The summed E-state index contributed by atoms with van der Waals surface area (Å²) < 4.78 is 14.1. The normalized spacial score (nSPS) is 23.1. The van der Waals surface area contributed by atoms with Crippen molar-refractivity contribution in [2.45, 2.75) is 31.0 Å². The second-order valence-corrected chi connectivity index (χ2v) is 6.15. The van der Waals surface area contributed by atoms with E-state index in [-0.39, 0.29) is 30.3 Å². The quantitative estimate of drug-likeness (QED) is 0.626. The fourth-order valence-corrected chi connectivity index (χ4v) is 2.69. The monoisotopic (exact) mass is 337 g/mol. The van der Waals surface area contributed by atoms with Crippen molar-refractivity contribution < 1.29 is 24.0 Å². The number of alkyl halides is 1. The van der Waals surface area contributed by atoms with Gasteiger partial charge in [0.15, 0.2) is 0 Å². The molecule has 0 aromatic heterocycles. The van der Waals surface area contributed by atoms with Gasteiger partial charge in [0.1, 0.15) is 5.69 Å². The minimum Gasteiger partial charge on any atom is -0.479 e. The average Bonchev–Trinajstić information content (AvgIpc) is 3.26. The summed E-state index contributed by atoms with van der Waals surface area (Å²) in [5, 5.41) is 23.1. The van der Waals surface area contributed by atoms with Crippen LogP contribution in [0.4, 0.5) is 15.8 Å². The van der Waals surface area contributed by atoms with Gasteiger partial charge in [0.25, 0.3) is 11.6 Å². The Kier molecular flexibility index (Phi) is 3.86. The molecule has 1 atom stereocenters. The zero-order valence-electron chi connectivity index (χ0n) is 12.7. The highest BCUT2D eigenvalue weighted by Crippen LogP contribution is 2.33. The zero-order chi connectivity index (χ0) is 17.5. The van der Waals surface area contributed by atoms with E-state index >= 15 is 0 Å². The van der Waals surface area contributed by atoms with Gasteiger partial charge in [-0.1, -0.05) is 0 Å². The lowest BCUT2D eigenvalue weighted by molar-refractivity contribution is -0.384. The van der Waals surface area contributed by atoms with Crippen molar-refractivity contribution in [2.75, 3.05) is 18.4 Å². The second kappa shape index (κ2) is 5.73. The van der Waals surface area contributed by atoms with E-state index in [2.05, 4.69) is 5.32 Å². The summed E-state index contributed by atoms with van der Waals surface area (Å²) in [5.41, 5.74) is -2.31. The highest BCUT2D eigenvalue weighted by Gasteiger charge is 2.47. The third-order valence-corrected chi connectivity index (χ3v) is 4.27. The van der Waals surface area contributed by atoms with Gasteiger partial charge in [0, 0.05) is 30.6 Å². The number of carbonyl (C=O) groups excluding carboxylic acids is 1. The van der Waals surface area contributed by atoms with Gasteiger partial charge in [-0.15, -0.1) is 0 Å². The first-order valence-electron chi connectivity index (χ1n) is 7.57. The molecule has 1 aromatic rings. The molecule has 3 rings (SSSR count). The van der Waals surface area contributed by atoms with Gasteiger partial charge < -0.3 is 15.3 Å². The van der Waals surface area contributed by atoms with Crippen LogP contribution in [-0.4, -0.2) is 51.6 Å². The molecule has 128 valence electrons. The van der Waals surface area contributed by atoms with E-state index in [9.17, 15) is 24.1 Å². The van der Waals surface area contributed by atoms with Crippen LogP contribution >= 0.6 is 0 Å². The molecule has 1 saturated carbocycles. The van der Waals surface area contributed by atoms with Crippen LogP contribution in [0, 0.1) is 10.1 Å². The molecule has 8 nitrogen and oxygen atoms in total. The van der Waals surface area contributed by atoms with Gasteiger partial charge in [-0.25, -0.2) is 9.18 Å². The third-order valence-electron chi connectivity index (χ3n) is 4.27. The highest BCUT2D eigenvalue weighted by molar-refractivity contribution is 5.96. The minimum absolute atomic E-state index is 0.0395. The number of likely N-dealkylation sites (tertiary alicyclic amines) is 1. The first kappa shape index (κ1) is 16.2. The fourth-order valence-electron chi connectivity index (χ4n) is 2.69. The smallest absolute Gasteiger partial charge is 0.343 e. The van der Waals surface area contributed by atoms with E-state index in [1.807, 2.05) is 0 Å². The van der Waals surface area contributed by atoms with Crippen molar-refractivity contribution in [1.82, 2.24) is 4.90 Å². The molecule has 1 unspecified atom stereocenters. The lowest BCUT2D eigenvalue weighted by Crippen LogP contribution is -2.38. The number of carboxylic acids is 1. The van der Waals surface area contributed by atoms with Crippen LogP contribution in [0.15, 0.2) is 18.2 Å². The Labute approximate surface area is 136 Å². The number of halogens is 1. The summed E-state index contributed by atoms with van der Waals surface area (Å²) >= 11 is 0. The maximum absolute atomic E-state index is 14.1.